The smallest absolute Gasteiger partial charge is 0.168 e. The van der Waals surface area contributed by atoms with Crippen LogP contribution in [0.15, 0.2) is 0 Å². The van der Waals surface area contributed by atoms with Gasteiger partial charge >= 0.3 is 6.18 Å². The minimum absolute atomic E-state index is 0.882. The third-order valence-electron chi connectivity index (χ3n) is 0.214. The van der Waals surface area contributed by atoms with E-state index >= 15 is 0 Å². The average Bonchev–Trinajstić information content (AvgIpc) is 1.31. The van der Waals surface area contributed by atoms with Crippen molar-refractivity contribution in [2.45, 2.75) is 6.18 Å². The van der Waals surface area contributed by atoms with Crippen LogP contribution in [0.4, 0.5) is 13.2 Å². The molecule has 0 saturated heterocycles. The number of hydrogen-bond donors (Lipinski definition) is 0. The zero-order chi connectivity index (χ0) is 6.08. The minimum Gasteiger partial charge on any atom is -0.168 e. The first-order valence-corrected chi connectivity index (χ1v) is 2.78. The molecule has 0 aromatic carbocycles. The lowest BCUT2D eigenvalue weighted by atomic mass is 10.8. The van der Waals surface area contributed by atoms with E-state index in [0.29, 0.717) is 0 Å². The van der Waals surface area contributed by atoms with Crippen LogP contribution in [0.2, 0.25) is 0 Å². The van der Waals surface area contributed by atoms with Gasteiger partial charge in [0.15, 0.2) is 0 Å². The summed E-state index contributed by atoms with van der Waals surface area (Å²) in [6, 6.07) is 0. The summed E-state index contributed by atoms with van der Waals surface area (Å²) >= 11 is 4.41. The molecule has 0 atom stereocenters. The molecule has 0 fully saturated rings. The van der Waals surface area contributed by atoms with Gasteiger partial charge in [-0.05, 0) is 0 Å². The molecule has 0 aliphatic carbocycles. The summed E-state index contributed by atoms with van der Waals surface area (Å²) in [4.78, 5) is 0. The second-order valence-electron chi connectivity index (χ2n) is 0.758. The molecule has 0 nitrogen and oxygen atoms in total. The largest absolute Gasteiger partial charge is 0.416 e. The van der Waals surface area contributed by atoms with Gasteiger partial charge in [0.1, 0.15) is 0 Å². The summed E-state index contributed by atoms with van der Waals surface area (Å²) in [6.07, 6.45) is -4.25. The van der Waals surface area contributed by atoms with Crippen LogP contribution in [0.1, 0.15) is 0 Å². The van der Waals surface area contributed by atoms with Gasteiger partial charge in [-0.2, -0.15) is 13.2 Å². The van der Waals surface area contributed by atoms with Crippen LogP contribution < -0.4 is 0 Å². The maximum absolute atomic E-state index is 11.0. The lowest BCUT2D eigenvalue weighted by Crippen LogP contribution is -2.08. The highest BCUT2D eigenvalue weighted by atomic mass is 79.9. The van der Waals surface area contributed by atoms with E-state index in [1.165, 1.54) is 0 Å². The molecule has 0 spiro atoms. The number of hydrogen-bond acceptors (Lipinski definition) is 0. The van der Waals surface area contributed by atoms with Gasteiger partial charge in [-0.1, -0.05) is 31.9 Å². The Morgan fingerprint density at radius 1 is 1.14 bits per heavy atom. The van der Waals surface area contributed by atoms with Crippen molar-refractivity contribution < 1.29 is 13.2 Å². The quantitative estimate of drug-likeness (QED) is 0.611. The van der Waals surface area contributed by atoms with E-state index < -0.39 is 9.91 Å². The Labute approximate surface area is 55.3 Å². The Kier molecular flexibility index (Phi) is 2.60. The second kappa shape index (κ2) is 2.35. The van der Waals surface area contributed by atoms with Gasteiger partial charge in [-0.25, -0.2) is 0 Å². The fourth-order valence-corrected chi connectivity index (χ4v) is 0. The van der Waals surface area contributed by atoms with Crippen LogP contribution in [-0.4, -0.2) is 6.18 Å². The van der Waals surface area contributed by atoms with E-state index in [-0.39, 0.29) is 0 Å². The van der Waals surface area contributed by atoms with Gasteiger partial charge in [0.25, 0.3) is 0 Å². The fourth-order valence-electron chi connectivity index (χ4n) is 0. The van der Waals surface area contributed by atoms with E-state index in [0.717, 1.165) is 0 Å². The van der Waals surface area contributed by atoms with Gasteiger partial charge < -0.3 is 0 Å². The molecule has 7 heavy (non-hydrogen) atoms. The van der Waals surface area contributed by atoms with E-state index in [2.05, 4.69) is 31.9 Å². The van der Waals surface area contributed by atoms with Gasteiger partial charge in [0.05, 0.1) is 0 Å². The van der Waals surface area contributed by atoms with Crippen LogP contribution in [0.5, 0.6) is 0 Å². The van der Waals surface area contributed by atoms with Crippen LogP contribution in [-0.2, 0) is 0 Å². The van der Waals surface area contributed by atoms with Gasteiger partial charge in [-0.15, -0.1) is 0 Å². The van der Waals surface area contributed by atoms with Gasteiger partial charge in [-0.3, -0.25) is 0 Å². The van der Waals surface area contributed by atoms with Crippen LogP contribution in [0, 0.1) is 3.74 Å². The lowest BCUT2D eigenvalue weighted by Gasteiger charge is -2.02. The predicted octanol–water partition coefficient (Wildman–Crippen LogP) is 2.83. The van der Waals surface area contributed by atoms with E-state index in [4.69, 9.17) is 0 Å². The average molecular weight is 241 g/mol. The first-order chi connectivity index (χ1) is 2.94. The number of alkyl halides is 3. The fraction of sp³-hybridized carbons (Fsp3) is 0.500. The molecule has 0 rings (SSSR count). The molecule has 0 heterocycles. The maximum Gasteiger partial charge on any atom is 0.416 e. The summed E-state index contributed by atoms with van der Waals surface area (Å²) in [5.41, 5.74) is 0. The predicted molar refractivity (Wildman–Crippen MR) is 27.2 cm³/mol. The zero-order valence-electron chi connectivity index (χ0n) is 2.89. The minimum atomic E-state index is -4.25. The Balaban J connectivity index is 3.54. The summed E-state index contributed by atoms with van der Waals surface area (Å²) in [6.45, 7) is 0. The van der Waals surface area contributed by atoms with Crippen molar-refractivity contribution in [1.82, 2.24) is 0 Å². The third kappa shape index (κ3) is 3.34. The summed E-state index contributed by atoms with van der Waals surface area (Å²) in [5, 5.41) is 0. The Bertz CT molecular complexity index is 56.4. The zero-order valence-corrected chi connectivity index (χ0v) is 6.06. The molecular weight excluding hydrogens is 241 g/mol. The topological polar surface area (TPSA) is 0 Å². The highest BCUT2D eigenvalue weighted by molar-refractivity contribution is 9.27. The molecule has 5 heteroatoms. The van der Waals surface area contributed by atoms with Gasteiger partial charge in [0, 0.05) is 0 Å². The van der Waals surface area contributed by atoms with Crippen LogP contribution in [0.25, 0.3) is 0 Å². The molecule has 0 aromatic heterocycles. The first kappa shape index (κ1) is 7.75. The molecule has 0 bridgehead atoms. The Hall–Kier alpha value is 0.750. The van der Waals surface area contributed by atoms with Gasteiger partial charge in [0.2, 0.25) is 3.74 Å². The molecule has 0 saturated carbocycles. The highest BCUT2D eigenvalue weighted by Crippen LogP contribution is 2.37. The molecule has 0 N–H and O–H groups in total. The summed E-state index contributed by atoms with van der Waals surface area (Å²) in [5.74, 6) is 0. The molecular formula is C2Br2F3. The molecule has 0 amide bonds. The Morgan fingerprint density at radius 2 is 1.29 bits per heavy atom. The summed E-state index contributed by atoms with van der Waals surface area (Å²) in [7, 11) is 0. The second-order valence-corrected chi connectivity index (χ2v) is 3.41. The van der Waals surface area contributed by atoms with Crippen molar-refractivity contribution in [2.75, 3.05) is 0 Å². The van der Waals surface area contributed by atoms with Crippen molar-refractivity contribution in [3.05, 3.63) is 3.74 Å². The van der Waals surface area contributed by atoms with E-state index in [9.17, 15) is 13.2 Å². The van der Waals surface area contributed by atoms with Crippen LogP contribution >= 0.6 is 31.9 Å². The molecule has 0 aromatic rings. The van der Waals surface area contributed by atoms with Crippen molar-refractivity contribution in [3.8, 4) is 0 Å². The highest BCUT2D eigenvalue weighted by Gasteiger charge is 2.36. The van der Waals surface area contributed by atoms with Crippen molar-refractivity contribution in [1.29, 1.82) is 0 Å². The van der Waals surface area contributed by atoms with Crippen molar-refractivity contribution >= 4 is 31.9 Å². The van der Waals surface area contributed by atoms with Crippen LogP contribution in [0.3, 0.4) is 0 Å². The number of rotatable bonds is 0. The monoisotopic (exact) mass is 239 g/mol. The SMILES string of the molecule is FC(F)(F)[C](Br)Br. The van der Waals surface area contributed by atoms with Crippen molar-refractivity contribution in [3.63, 3.8) is 0 Å². The third-order valence-corrected chi connectivity index (χ3v) is 1.11. The molecule has 0 aliphatic heterocycles. The maximum atomic E-state index is 11.0. The first-order valence-electron chi connectivity index (χ1n) is 1.19. The molecule has 0 aliphatic rings. The van der Waals surface area contributed by atoms with E-state index in [1.807, 2.05) is 0 Å². The normalized spacial score (nSPS) is 12.9. The molecule has 1 radical (unpaired) electrons. The molecule has 43 valence electrons. The van der Waals surface area contributed by atoms with E-state index in [1.54, 1.807) is 0 Å². The summed E-state index contributed by atoms with van der Waals surface area (Å²) < 4.78 is 32.3. The standard InChI is InChI=1S/C2Br2F3/c3-1(4)2(5,6)7. The lowest BCUT2D eigenvalue weighted by molar-refractivity contribution is -0.0897. The molecule has 0 unspecified atom stereocenters. The number of halogens is 5. The van der Waals surface area contributed by atoms with Crippen molar-refractivity contribution in [2.24, 2.45) is 0 Å². The Morgan fingerprint density at radius 3 is 1.29 bits per heavy atom.